The van der Waals surface area contributed by atoms with Gasteiger partial charge in [-0.15, -0.1) is 0 Å². The highest BCUT2D eigenvalue weighted by Crippen LogP contribution is 2.39. The molecule has 0 bridgehead atoms. The average molecular weight is 440 g/mol. The zero-order valence-electron chi connectivity index (χ0n) is 17.7. The van der Waals surface area contributed by atoms with Crippen molar-refractivity contribution in [2.75, 3.05) is 11.1 Å². The number of hydrogen-bond donors (Lipinski definition) is 3. The van der Waals surface area contributed by atoms with Crippen molar-refractivity contribution >= 4 is 21.7 Å². The molecule has 2 aromatic rings. The number of urea groups is 1. The highest BCUT2D eigenvalue weighted by Gasteiger charge is 2.46. The Bertz CT molecular complexity index is 1080. The van der Waals surface area contributed by atoms with Crippen LogP contribution >= 0.6 is 0 Å². The Morgan fingerprint density at radius 1 is 0.935 bits per heavy atom. The predicted molar refractivity (Wildman–Crippen MR) is 122 cm³/mol. The van der Waals surface area contributed by atoms with Gasteiger partial charge in [0.25, 0.3) is 0 Å². The number of fused-ring (bicyclic) bond motifs is 2. The van der Waals surface area contributed by atoms with Crippen molar-refractivity contribution in [2.24, 2.45) is 0 Å². The third kappa shape index (κ3) is 4.48. The minimum atomic E-state index is -3.75. The number of carbonyl (C=O) groups excluding carboxylic acids is 1. The molecule has 3 N–H and O–H groups in total. The summed E-state index contributed by atoms with van der Waals surface area (Å²) >= 11 is 0. The standard InChI is InChI=1S/C24H29N3O3S/c28-23(26-22-20-10-4-8-18(20)14-19-9-5-11-21(19)22)27-31(29,30)16-24(12-13-24)25-15-17-6-2-1-3-7-17/h1-3,6-7,14,25H,4-5,8-13,15-16H2,(H2,26,27,28). The first-order valence-corrected chi connectivity index (χ1v) is 12.9. The molecule has 0 radical (unpaired) electrons. The Morgan fingerprint density at radius 3 is 2.19 bits per heavy atom. The molecule has 31 heavy (non-hydrogen) atoms. The Balaban J connectivity index is 1.24. The molecule has 0 atom stereocenters. The van der Waals surface area contributed by atoms with Crippen LogP contribution in [0.1, 0.15) is 53.5 Å². The molecule has 0 aromatic heterocycles. The number of sulfonamides is 1. The van der Waals surface area contributed by atoms with E-state index in [1.807, 2.05) is 30.3 Å². The van der Waals surface area contributed by atoms with Crippen molar-refractivity contribution < 1.29 is 13.2 Å². The van der Waals surface area contributed by atoms with E-state index in [9.17, 15) is 13.2 Å². The SMILES string of the molecule is O=C(Nc1c2c(cc3c1CCC3)CCC2)NS(=O)(=O)CC1(NCc2ccccc2)CC1. The zero-order chi connectivity index (χ0) is 21.5. The Kier molecular flexibility index (Phi) is 5.26. The second-order valence-corrected chi connectivity index (χ2v) is 10.9. The molecule has 2 amide bonds. The van der Waals surface area contributed by atoms with Gasteiger partial charge in [-0.1, -0.05) is 36.4 Å². The summed E-state index contributed by atoms with van der Waals surface area (Å²) in [5, 5.41) is 6.30. The minimum Gasteiger partial charge on any atom is -0.307 e. The van der Waals surface area contributed by atoms with Crippen LogP contribution in [0.2, 0.25) is 0 Å². The quantitative estimate of drug-likeness (QED) is 0.617. The van der Waals surface area contributed by atoms with Gasteiger partial charge >= 0.3 is 6.03 Å². The van der Waals surface area contributed by atoms with Gasteiger partial charge in [0.15, 0.2) is 0 Å². The molecule has 164 valence electrons. The highest BCUT2D eigenvalue weighted by atomic mass is 32.2. The van der Waals surface area contributed by atoms with E-state index in [1.165, 1.54) is 22.3 Å². The molecule has 6 nitrogen and oxygen atoms in total. The summed E-state index contributed by atoms with van der Waals surface area (Å²) in [5.41, 5.74) is 6.52. The maximum Gasteiger partial charge on any atom is 0.332 e. The minimum absolute atomic E-state index is 0.0920. The smallest absolute Gasteiger partial charge is 0.307 e. The van der Waals surface area contributed by atoms with E-state index in [0.29, 0.717) is 6.54 Å². The van der Waals surface area contributed by atoms with Crippen molar-refractivity contribution in [3.63, 3.8) is 0 Å². The van der Waals surface area contributed by atoms with Gasteiger partial charge in [0, 0.05) is 17.8 Å². The maximum absolute atomic E-state index is 12.8. The van der Waals surface area contributed by atoms with Gasteiger partial charge in [-0.2, -0.15) is 0 Å². The molecule has 3 aliphatic rings. The number of benzene rings is 2. The van der Waals surface area contributed by atoms with E-state index in [2.05, 4.69) is 21.4 Å². The lowest BCUT2D eigenvalue weighted by Crippen LogP contribution is -2.44. The van der Waals surface area contributed by atoms with Crippen LogP contribution < -0.4 is 15.4 Å². The van der Waals surface area contributed by atoms with Crippen LogP contribution in [-0.2, 0) is 42.3 Å². The molecule has 3 aliphatic carbocycles. The van der Waals surface area contributed by atoms with Gasteiger partial charge in [-0.05, 0) is 79.2 Å². The van der Waals surface area contributed by atoms with Crippen molar-refractivity contribution in [3.05, 3.63) is 64.2 Å². The van der Waals surface area contributed by atoms with Gasteiger partial charge in [0.1, 0.15) is 0 Å². The molecular weight excluding hydrogens is 410 g/mol. The van der Waals surface area contributed by atoms with E-state index < -0.39 is 21.6 Å². The van der Waals surface area contributed by atoms with E-state index in [4.69, 9.17) is 0 Å². The summed E-state index contributed by atoms with van der Waals surface area (Å²) in [5.74, 6) is -0.0920. The molecule has 0 aliphatic heterocycles. The fourth-order valence-corrected chi connectivity index (χ4v) is 6.58. The lowest BCUT2D eigenvalue weighted by molar-refractivity contribution is 0.256. The number of aryl methyl sites for hydroxylation is 2. The Hall–Kier alpha value is -2.38. The van der Waals surface area contributed by atoms with Crippen LogP contribution in [0.5, 0.6) is 0 Å². The van der Waals surface area contributed by atoms with Gasteiger partial charge in [-0.25, -0.2) is 17.9 Å². The topological polar surface area (TPSA) is 87.3 Å². The molecule has 0 saturated heterocycles. The Morgan fingerprint density at radius 2 is 1.58 bits per heavy atom. The monoisotopic (exact) mass is 439 g/mol. The molecule has 1 saturated carbocycles. The van der Waals surface area contributed by atoms with Crippen molar-refractivity contribution in [1.82, 2.24) is 10.0 Å². The molecule has 1 fully saturated rings. The van der Waals surface area contributed by atoms with Crippen molar-refractivity contribution in [1.29, 1.82) is 0 Å². The average Bonchev–Trinajstić information content (AvgIpc) is 3.12. The summed E-state index contributed by atoms with van der Waals surface area (Å²) in [6.45, 7) is 0.616. The fourth-order valence-electron chi connectivity index (χ4n) is 5.06. The first-order chi connectivity index (χ1) is 14.9. The summed E-state index contributed by atoms with van der Waals surface area (Å²) < 4.78 is 27.8. The third-order valence-corrected chi connectivity index (χ3v) is 8.22. The molecule has 0 unspecified atom stereocenters. The second-order valence-electron chi connectivity index (χ2n) is 9.17. The number of rotatable bonds is 7. The third-order valence-electron chi connectivity index (χ3n) is 6.79. The van der Waals surface area contributed by atoms with Gasteiger partial charge < -0.3 is 10.6 Å². The second kappa shape index (κ2) is 7.95. The molecular formula is C24H29N3O3S. The largest absolute Gasteiger partial charge is 0.332 e. The number of hydrogen-bond acceptors (Lipinski definition) is 4. The maximum atomic E-state index is 12.8. The van der Waals surface area contributed by atoms with Crippen LogP contribution in [0.15, 0.2) is 36.4 Å². The van der Waals surface area contributed by atoms with E-state index >= 15 is 0 Å². The lowest BCUT2D eigenvalue weighted by Gasteiger charge is -2.19. The predicted octanol–water partition coefficient (Wildman–Crippen LogP) is 3.44. The molecule has 5 rings (SSSR count). The van der Waals surface area contributed by atoms with Gasteiger partial charge in [0.2, 0.25) is 10.0 Å². The van der Waals surface area contributed by atoms with E-state index in [-0.39, 0.29) is 5.75 Å². The number of nitrogens with one attached hydrogen (secondary N) is 3. The first-order valence-electron chi connectivity index (χ1n) is 11.2. The van der Waals surface area contributed by atoms with E-state index in [1.54, 1.807) is 0 Å². The van der Waals surface area contributed by atoms with Crippen molar-refractivity contribution in [3.8, 4) is 0 Å². The van der Waals surface area contributed by atoms with Crippen LogP contribution in [0.3, 0.4) is 0 Å². The van der Waals surface area contributed by atoms with E-state index in [0.717, 1.165) is 62.6 Å². The molecule has 7 heteroatoms. The van der Waals surface area contributed by atoms with Crippen LogP contribution in [-0.4, -0.2) is 25.7 Å². The van der Waals surface area contributed by atoms with Gasteiger partial charge in [0.05, 0.1) is 5.75 Å². The fraction of sp³-hybridized carbons (Fsp3) is 0.458. The number of anilines is 1. The normalized spacial score (nSPS) is 18.3. The van der Waals surface area contributed by atoms with Gasteiger partial charge in [-0.3, -0.25) is 0 Å². The summed E-state index contributed by atoms with van der Waals surface area (Å²) in [6, 6.07) is 11.6. The molecule has 0 spiro atoms. The van der Waals surface area contributed by atoms with Crippen LogP contribution in [0.25, 0.3) is 0 Å². The highest BCUT2D eigenvalue weighted by molar-refractivity contribution is 7.90. The Labute approximate surface area is 183 Å². The molecule has 2 aromatic carbocycles. The number of amides is 2. The van der Waals surface area contributed by atoms with Crippen LogP contribution in [0.4, 0.5) is 10.5 Å². The summed E-state index contributed by atoms with van der Waals surface area (Å²) in [6.07, 6.45) is 7.71. The van der Waals surface area contributed by atoms with Crippen LogP contribution in [0, 0.1) is 0 Å². The zero-order valence-corrected chi connectivity index (χ0v) is 18.5. The number of carbonyl (C=O) groups is 1. The lowest BCUT2D eigenvalue weighted by atomic mass is 9.99. The summed E-state index contributed by atoms with van der Waals surface area (Å²) in [4.78, 5) is 12.7. The summed E-state index contributed by atoms with van der Waals surface area (Å²) in [7, 11) is -3.75. The van der Waals surface area contributed by atoms with Crippen molar-refractivity contribution in [2.45, 2.75) is 63.5 Å². The molecule has 0 heterocycles. The first kappa shape index (κ1) is 20.5.